The second-order valence-electron chi connectivity index (χ2n) is 4.91. The minimum Gasteiger partial charge on any atom is -0.480 e. The van der Waals surface area contributed by atoms with E-state index in [1.165, 1.54) is 0 Å². The standard InChI is InChI=1S/C11H18N2O3/c1-11(9(14)15,8-4-5-8)12-10(16)13-6-2-3-7-13/h8H,2-7H2,1H3,(H,12,16)(H,14,15). The first-order valence-corrected chi connectivity index (χ1v) is 5.84. The van der Waals surface area contributed by atoms with Crippen LogP contribution in [0.5, 0.6) is 0 Å². The molecule has 1 saturated heterocycles. The monoisotopic (exact) mass is 226 g/mol. The summed E-state index contributed by atoms with van der Waals surface area (Å²) in [4.78, 5) is 24.8. The fraction of sp³-hybridized carbons (Fsp3) is 0.818. The Balaban J connectivity index is 2.00. The fourth-order valence-corrected chi connectivity index (χ4v) is 2.21. The van der Waals surface area contributed by atoms with Gasteiger partial charge in [0.15, 0.2) is 0 Å². The number of hydrogen-bond donors (Lipinski definition) is 2. The smallest absolute Gasteiger partial charge is 0.329 e. The third kappa shape index (κ3) is 1.99. The number of aliphatic carboxylic acids is 1. The van der Waals surface area contributed by atoms with Crippen molar-refractivity contribution < 1.29 is 14.7 Å². The molecule has 5 heteroatoms. The van der Waals surface area contributed by atoms with Crippen molar-refractivity contribution in [1.82, 2.24) is 10.2 Å². The van der Waals surface area contributed by atoms with Crippen molar-refractivity contribution in [3.63, 3.8) is 0 Å². The number of carboxylic acids is 1. The molecule has 0 aromatic rings. The molecule has 1 heterocycles. The highest BCUT2D eigenvalue weighted by atomic mass is 16.4. The maximum absolute atomic E-state index is 11.8. The molecule has 0 spiro atoms. The van der Waals surface area contributed by atoms with Gasteiger partial charge >= 0.3 is 12.0 Å². The summed E-state index contributed by atoms with van der Waals surface area (Å²) in [5.74, 6) is -0.834. The minimum atomic E-state index is -1.08. The van der Waals surface area contributed by atoms with Crippen LogP contribution in [0.1, 0.15) is 32.6 Å². The van der Waals surface area contributed by atoms with Crippen LogP contribution >= 0.6 is 0 Å². The Labute approximate surface area is 94.8 Å². The van der Waals surface area contributed by atoms with Crippen LogP contribution in [0.4, 0.5) is 4.79 Å². The van der Waals surface area contributed by atoms with Gasteiger partial charge in [0.05, 0.1) is 0 Å². The van der Waals surface area contributed by atoms with Gasteiger partial charge in [0, 0.05) is 13.1 Å². The van der Waals surface area contributed by atoms with Crippen molar-refractivity contribution in [2.24, 2.45) is 5.92 Å². The number of carboxylic acid groups (broad SMARTS) is 1. The Hall–Kier alpha value is -1.26. The Morgan fingerprint density at radius 3 is 2.31 bits per heavy atom. The predicted octanol–water partition coefficient (Wildman–Crippen LogP) is 1.05. The molecule has 0 aromatic carbocycles. The van der Waals surface area contributed by atoms with Gasteiger partial charge in [-0.2, -0.15) is 0 Å². The lowest BCUT2D eigenvalue weighted by atomic mass is 9.96. The van der Waals surface area contributed by atoms with Crippen molar-refractivity contribution >= 4 is 12.0 Å². The number of amides is 2. The number of likely N-dealkylation sites (tertiary alicyclic amines) is 1. The molecule has 0 radical (unpaired) electrons. The van der Waals surface area contributed by atoms with Crippen LogP contribution in [0.2, 0.25) is 0 Å². The molecule has 1 unspecified atom stereocenters. The molecule has 2 fully saturated rings. The number of rotatable bonds is 3. The van der Waals surface area contributed by atoms with Gasteiger partial charge in [0.2, 0.25) is 0 Å². The van der Waals surface area contributed by atoms with Crippen LogP contribution in [0.15, 0.2) is 0 Å². The molecule has 2 rings (SSSR count). The van der Waals surface area contributed by atoms with Crippen LogP contribution in [0.25, 0.3) is 0 Å². The van der Waals surface area contributed by atoms with Gasteiger partial charge in [0.25, 0.3) is 0 Å². The van der Waals surface area contributed by atoms with Crippen molar-refractivity contribution in [2.75, 3.05) is 13.1 Å². The molecular weight excluding hydrogens is 208 g/mol. The zero-order valence-corrected chi connectivity index (χ0v) is 9.53. The minimum absolute atomic E-state index is 0.0940. The largest absolute Gasteiger partial charge is 0.480 e. The fourth-order valence-electron chi connectivity index (χ4n) is 2.21. The summed E-state index contributed by atoms with van der Waals surface area (Å²) >= 11 is 0. The summed E-state index contributed by atoms with van der Waals surface area (Å²) in [7, 11) is 0. The Bertz CT molecular complexity index is 308. The first kappa shape index (κ1) is 11.2. The average molecular weight is 226 g/mol. The number of hydrogen-bond acceptors (Lipinski definition) is 2. The van der Waals surface area contributed by atoms with Gasteiger partial charge < -0.3 is 15.3 Å². The van der Waals surface area contributed by atoms with E-state index in [-0.39, 0.29) is 11.9 Å². The highest BCUT2D eigenvalue weighted by Crippen LogP contribution is 2.39. The van der Waals surface area contributed by atoms with Crippen LogP contribution in [-0.4, -0.2) is 40.6 Å². The van der Waals surface area contributed by atoms with Gasteiger partial charge in [0.1, 0.15) is 5.54 Å². The Morgan fingerprint density at radius 2 is 1.88 bits per heavy atom. The molecule has 1 saturated carbocycles. The van der Waals surface area contributed by atoms with Gasteiger partial charge in [-0.3, -0.25) is 0 Å². The first-order valence-electron chi connectivity index (χ1n) is 5.84. The summed E-state index contributed by atoms with van der Waals surface area (Å²) < 4.78 is 0. The number of nitrogens with one attached hydrogen (secondary N) is 1. The van der Waals surface area contributed by atoms with Gasteiger partial charge in [-0.05, 0) is 38.5 Å². The summed E-state index contributed by atoms with van der Waals surface area (Å²) in [5, 5.41) is 11.9. The lowest BCUT2D eigenvalue weighted by molar-refractivity contribution is -0.144. The predicted molar refractivity (Wildman–Crippen MR) is 58.1 cm³/mol. The molecular formula is C11H18N2O3. The summed E-state index contributed by atoms with van der Waals surface area (Å²) in [5.41, 5.74) is -1.08. The molecule has 1 aliphatic heterocycles. The maximum Gasteiger partial charge on any atom is 0.329 e. The molecule has 0 aromatic heterocycles. The van der Waals surface area contributed by atoms with Crippen molar-refractivity contribution in [3.8, 4) is 0 Å². The number of nitrogens with zero attached hydrogens (tertiary/aromatic N) is 1. The van der Waals surface area contributed by atoms with Crippen molar-refractivity contribution in [1.29, 1.82) is 0 Å². The zero-order valence-electron chi connectivity index (χ0n) is 9.53. The van der Waals surface area contributed by atoms with Crippen molar-refractivity contribution in [3.05, 3.63) is 0 Å². The number of urea groups is 1. The summed E-state index contributed by atoms with van der Waals surface area (Å²) in [6.07, 6.45) is 3.81. The van der Waals surface area contributed by atoms with Gasteiger partial charge in [-0.25, -0.2) is 9.59 Å². The SMILES string of the molecule is CC(NC(=O)N1CCCC1)(C(=O)O)C1CC1. The van der Waals surface area contributed by atoms with E-state index in [1.54, 1.807) is 11.8 Å². The van der Waals surface area contributed by atoms with E-state index >= 15 is 0 Å². The highest BCUT2D eigenvalue weighted by molar-refractivity contribution is 5.86. The normalized spacial score (nSPS) is 23.9. The maximum atomic E-state index is 11.8. The van der Waals surface area contributed by atoms with Crippen LogP contribution < -0.4 is 5.32 Å². The summed E-state index contributed by atoms with van der Waals surface area (Å²) in [6.45, 7) is 3.10. The lowest BCUT2D eigenvalue weighted by Crippen LogP contribution is -2.57. The molecule has 1 aliphatic carbocycles. The van der Waals surface area contributed by atoms with Gasteiger partial charge in [-0.1, -0.05) is 0 Å². The molecule has 2 N–H and O–H groups in total. The van der Waals surface area contributed by atoms with E-state index in [4.69, 9.17) is 0 Å². The van der Waals surface area contributed by atoms with E-state index in [1.807, 2.05) is 0 Å². The molecule has 90 valence electrons. The van der Waals surface area contributed by atoms with Crippen molar-refractivity contribution in [2.45, 2.75) is 38.1 Å². The van der Waals surface area contributed by atoms with Crippen LogP contribution in [-0.2, 0) is 4.79 Å². The van der Waals surface area contributed by atoms with E-state index in [0.717, 1.165) is 38.8 Å². The molecule has 0 bridgehead atoms. The number of carbonyl (C=O) groups is 2. The van der Waals surface area contributed by atoms with Crippen LogP contribution in [0.3, 0.4) is 0 Å². The van der Waals surface area contributed by atoms with E-state index in [9.17, 15) is 14.7 Å². The third-order valence-corrected chi connectivity index (χ3v) is 3.60. The second-order valence-corrected chi connectivity index (χ2v) is 4.91. The summed E-state index contributed by atoms with van der Waals surface area (Å²) in [6, 6.07) is -0.227. The van der Waals surface area contributed by atoms with E-state index < -0.39 is 11.5 Å². The van der Waals surface area contributed by atoms with E-state index in [0.29, 0.717) is 0 Å². The number of carbonyl (C=O) groups excluding carboxylic acids is 1. The zero-order chi connectivity index (χ0) is 11.8. The molecule has 2 amide bonds. The molecule has 16 heavy (non-hydrogen) atoms. The lowest BCUT2D eigenvalue weighted by Gasteiger charge is -2.28. The quantitative estimate of drug-likeness (QED) is 0.755. The molecule has 2 aliphatic rings. The van der Waals surface area contributed by atoms with Gasteiger partial charge in [-0.15, -0.1) is 0 Å². The molecule has 5 nitrogen and oxygen atoms in total. The Morgan fingerprint density at radius 1 is 1.31 bits per heavy atom. The topological polar surface area (TPSA) is 69.6 Å². The first-order chi connectivity index (χ1) is 7.54. The third-order valence-electron chi connectivity index (χ3n) is 3.60. The molecule has 1 atom stereocenters. The van der Waals surface area contributed by atoms with E-state index in [2.05, 4.69) is 5.32 Å². The highest BCUT2D eigenvalue weighted by Gasteiger charge is 2.49. The Kier molecular flexibility index (Phi) is 2.78. The van der Waals surface area contributed by atoms with Crippen LogP contribution in [0, 0.1) is 5.92 Å². The second kappa shape index (κ2) is 3.96. The average Bonchev–Trinajstić information content (AvgIpc) is 2.94.